The molecule has 1 aliphatic heterocycles. The van der Waals surface area contributed by atoms with Gasteiger partial charge in [0.15, 0.2) is 0 Å². The third-order valence-electron chi connectivity index (χ3n) is 3.51. The number of rotatable bonds is 3. The van der Waals surface area contributed by atoms with Gasteiger partial charge in [0, 0.05) is 17.2 Å². The fourth-order valence-corrected chi connectivity index (χ4v) is 3.58. The van der Waals surface area contributed by atoms with Crippen molar-refractivity contribution in [2.24, 2.45) is 0 Å². The van der Waals surface area contributed by atoms with Gasteiger partial charge in [-0.3, -0.25) is 0 Å². The molecule has 3 nitrogen and oxygen atoms in total. The van der Waals surface area contributed by atoms with Crippen LogP contribution in [-0.2, 0) is 5.75 Å². The number of hydrogen-bond acceptors (Lipinski definition) is 3. The van der Waals surface area contributed by atoms with Crippen LogP contribution in [0.1, 0.15) is 27.5 Å². The average molecular weight is 303 g/mol. The van der Waals surface area contributed by atoms with Crippen LogP contribution in [0, 0.1) is 5.82 Å². The number of nitrogens with one attached hydrogen (secondary N) is 1. The Kier molecular flexibility index (Phi) is 3.84. The molecule has 0 aromatic heterocycles. The second kappa shape index (κ2) is 5.77. The molecule has 1 heterocycles. The minimum Gasteiger partial charge on any atom is -0.478 e. The van der Waals surface area contributed by atoms with Crippen LogP contribution >= 0.6 is 11.8 Å². The third-order valence-corrected chi connectivity index (χ3v) is 4.59. The lowest BCUT2D eigenvalue weighted by molar-refractivity contribution is 0.0692. The number of fused-ring (bicyclic) bond motifs is 1. The molecule has 0 radical (unpaired) electrons. The van der Waals surface area contributed by atoms with Crippen molar-refractivity contribution in [2.75, 3.05) is 11.1 Å². The molecule has 2 aromatic carbocycles. The lowest BCUT2D eigenvalue weighted by Crippen LogP contribution is -2.19. The number of halogens is 1. The van der Waals surface area contributed by atoms with Crippen molar-refractivity contribution in [3.63, 3.8) is 0 Å². The van der Waals surface area contributed by atoms with Crippen LogP contribution in [0.5, 0.6) is 0 Å². The van der Waals surface area contributed by atoms with Gasteiger partial charge in [0.1, 0.15) is 5.82 Å². The average Bonchev–Trinajstić information content (AvgIpc) is 2.49. The van der Waals surface area contributed by atoms with E-state index in [1.54, 1.807) is 6.07 Å². The second-order valence-corrected chi connectivity index (χ2v) is 5.94. The molecule has 5 heteroatoms. The summed E-state index contributed by atoms with van der Waals surface area (Å²) in [6.45, 7) is 0. The number of thioether (sulfide) groups is 1. The molecular formula is C16H14FNO2S. The molecule has 0 saturated carbocycles. The van der Waals surface area contributed by atoms with E-state index in [0.717, 1.165) is 11.5 Å². The van der Waals surface area contributed by atoms with Gasteiger partial charge in [0.05, 0.1) is 11.6 Å². The molecule has 21 heavy (non-hydrogen) atoms. The maximum Gasteiger partial charge on any atom is 0.338 e. The molecule has 1 atom stereocenters. The van der Waals surface area contributed by atoms with Gasteiger partial charge in [-0.15, -0.1) is 0 Å². The highest BCUT2D eigenvalue weighted by Crippen LogP contribution is 2.34. The number of carboxylic acids is 1. The first-order valence-electron chi connectivity index (χ1n) is 6.60. The summed E-state index contributed by atoms with van der Waals surface area (Å²) in [6.07, 6.45) is 0. The van der Waals surface area contributed by atoms with E-state index in [-0.39, 0.29) is 11.6 Å². The fraction of sp³-hybridized carbons (Fsp3) is 0.188. The molecule has 2 aromatic rings. The molecule has 2 N–H and O–H groups in total. The molecule has 0 fully saturated rings. The van der Waals surface area contributed by atoms with Crippen LogP contribution in [0.25, 0.3) is 0 Å². The van der Waals surface area contributed by atoms with Crippen molar-refractivity contribution in [3.8, 4) is 0 Å². The first-order chi connectivity index (χ1) is 10.1. The lowest BCUT2D eigenvalue weighted by Gasteiger charge is -2.27. The highest BCUT2D eigenvalue weighted by Gasteiger charge is 2.20. The van der Waals surface area contributed by atoms with Crippen molar-refractivity contribution in [1.29, 1.82) is 0 Å². The predicted octanol–water partition coefficient (Wildman–Crippen LogP) is 3.92. The summed E-state index contributed by atoms with van der Waals surface area (Å²) < 4.78 is 13.4. The molecule has 0 amide bonds. The molecule has 3 rings (SSSR count). The van der Waals surface area contributed by atoms with E-state index in [4.69, 9.17) is 5.11 Å². The number of carboxylic acid groups (broad SMARTS) is 1. The standard InChI is InChI=1S/C16H14FNO2S/c17-14-6-5-11(7-13(14)16(19)20)18-15-9-21-8-10-3-1-2-4-12(10)15/h1-7,15,18H,8-9H2,(H,19,20). The minimum atomic E-state index is -1.26. The van der Waals surface area contributed by atoms with Crippen LogP contribution in [0.3, 0.4) is 0 Å². The number of aromatic carboxylic acids is 1. The first-order valence-corrected chi connectivity index (χ1v) is 7.75. The highest BCUT2D eigenvalue weighted by molar-refractivity contribution is 7.98. The zero-order valence-electron chi connectivity index (χ0n) is 11.2. The predicted molar refractivity (Wildman–Crippen MR) is 82.3 cm³/mol. The van der Waals surface area contributed by atoms with E-state index >= 15 is 0 Å². The second-order valence-electron chi connectivity index (χ2n) is 4.91. The van der Waals surface area contributed by atoms with Gasteiger partial charge < -0.3 is 10.4 Å². The van der Waals surface area contributed by atoms with E-state index in [2.05, 4.69) is 17.4 Å². The smallest absolute Gasteiger partial charge is 0.338 e. The van der Waals surface area contributed by atoms with Gasteiger partial charge >= 0.3 is 5.97 Å². The Morgan fingerprint density at radius 2 is 2.10 bits per heavy atom. The van der Waals surface area contributed by atoms with Gasteiger partial charge in [-0.25, -0.2) is 9.18 Å². The summed E-state index contributed by atoms with van der Waals surface area (Å²) in [6, 6.07) is 12.4. The number of hydrogen-bond donors (Lipinski definition) is 2. The third kappa shape index (κ3) is 2.88. The van der Waals surface area contributed by atoms with Crippen molar-refractivity contribution in [2.45, 2.75) is 11.8 Å². The zero-order valence-corrected chi connectivity index (χ0v) is 12.0. The van der Waals surface area contributed by atoms with Crippen LogP contribution in [0.15, 0.2) is 42.5 Å². The molecule has 1 aliphatic rings. The summed E-state index contributed by atoms with van der Waals surface area (Å²) in [5.41, 5.74) is 2.82. The Morgan fingerprint density at radius 1 is 1.29 bits per heavy atom. The number of carbonyl (C=O) groups is 1. The largest absolute Gasteiger partial charge is 0.478 e. The molecule has 108 valence electrons. The maximum absolute atomic E-state index is 13.4. The Bertz CT molecular complexity index is 690. The zero-order chi connectivity index (χ0) is 14.8. The van der Waals surface area contributed by atoms with E-state index in [9.17, 15) is 9.18 Å². The Labute approximate surface area is 126 Å². The summed E-state index contributed by atoms with van der Waals surface area (Å²) >= 11 is 1.83. The summed E-state index contributed by atoms with van der Waals surface area (Å²) in [4.78, 5) is 11.0. The van der Waals surface area contributed by atoms with Crippen molar-refractivity contribution < 1.29 is 14.3 Å². The van der Waals surface area contributed by atoms with Gasteiger partial charge in [-0.2, -0.15) is 11.8 Å². The van der Waals surface area contributed by atoms with Gasteiger partial charge in [-0.1, -0.05) is 24.3 Å². The van der Waals surface area contributed by atoms with Crippen LogP contribution < -0.4 is 5.32 Å². The first kappa shape index (κ1) is 13.9. The van der Waals surface area contributed by atoms with E-state index in [1.165, 1.54) is 23.3 Å². The molecule has 0 aliphatic carbocycles. The Balaban J connectivity index is 1.88. The van der Waals surface area contributed by atoms with E-state index in [0.29, 0.717) is 5.69 Å². The van der Waals surface area contributed by atoms with Gasteiger partial charge in [0.2, 0.25) is 0 Å². The summed E-state index contributed by atoms with van der Waals surface area (Å²) in [7, 11) is 0. The Morgan fingerprint density at radius 3 is 2.90 bits per heavy atom. The van der Waals surface area contributed by atoms with Crippen molar-refractivity contribution >= 4 is 23.4 Å². The Hall–Kier alpha value is -2.01. The molecule has 0 spiro atoms. The monoisotopic (exact) mass is 303 g/mol. The van der Waals surface area contributed by atoms with Crippen LogP contribution in [0.2, 0.25) is 0 Å². The quantitative estimate of drug-likeness (QED) is 0.902. The minimum absolute atomic E-state index is 0.104. The number of benzene rings is 2. The number of anilines is 1. The summed E-state index contributed by atoms with van der Waals surface area (Å²) in [5.74, 6) is -0.0874. The molecular weight excluding hydrogens is 289 g/mol. The van der Waals surface area contributed by atoms with Crippen LogP contribution in [0.4, 0.5) is 10.1 Å². The van der Waals surface area contributed by atoms with E-state index in [1.807, 2.05) is 23.9 Å². The SMILES string of the molecule is O=C(O)c1cc(NC2CSCc3ccccc32)ccc1F. The molecule has 1 unspecified atom stereocenters. The van der Waals surface area contributed by atoms with Crippen molar-refractivity contribution in [1.82, 2.24) is 0 Å². The van der Waals surface area contributed by atoms with Gasteiger partial charge in [0.25, 0.3) is 0 Å². The normalized spacial score (nSPS) is 17.1. The topological polar surface area (TPSA) is 49.3 Å². The molecule has 0 saturated heterocycles. The van der Waals surface area contributed by atoms with E-state index < -0.39 is 11.8 Å². The summed E-state index contributed by atoms with van der Waals surface area (Å²) in [5, 5.41) is 12.3. The van der Waals surface area contributed by atoms with Crippen LogP contribution in [-0.4, -0.2) is 16.8 Å². The maximum atomic E-state index is 13.4. The fourth-order valence-electron chi connectivity index (χ4n) is 2.48. The van der Waals surface area contributed by atoms with Crippen molar-refractivity contribution in [3.05, 3.63) is 65.0 Å². The lowest BCUT2D eigenvalue weighted by atomic mass is 10.0. The molecule has 0 bridgehead atoms. The highest BCUT2D eigenvalue weighted by atomic mass is 32.2. The van der Waals surface area contributed by atoms with Gasteiger partial charge in [-0.05, 0) is 29.3 Å².